The number of rotatable bonds is 6. The second-order valence-electron chi connectivity index (χ2n) is 4.64. The Balaban J connectivity index is 1.66. The minimum Gasteiger partial charge on any atom is -0.480 e. The summed E-state index contributed by atoms with van der Waals surface area (Å²) in [6.07, 6.45) is 1.42. The van der Waals surface area contributed by atoms with Crippen molar-refractivity contribution in [3.8, 4) is 0 Å². The van der Waals surface area contributed by atoms with E-state index in [4.69, 9.17) is 5.11 Å². The Kier molecular flexibility index (Phi) is 4.52. The molecule has 5 nitrogen and oxygen atoms in total. The Labute approximate surface area is 112 Å². The summed E-state index contributed by atoms with van der Waals surface area (Å²) in [7, 11) is 0. The summed E-state index contributed by atoms with van der Waals surface area (Å²) in [5, 5.41) is 11.9. The molecule has 1 amide bonds. The topological polar surface area (TPSA) is 69.6 Å². The van der Waals surface area contributed by atoms with Crippen LogP contribution in [0.15, 0.2) is 30.3 Å². The van der Waals surface area contributed by atoms with Crippen molar-refractivity contribution in [3.05, 3.63) is 35.9 Å². The smallest absolute Gasteiger partial charge is 0.326 e. The molecule has 1 unspecified atom stereocenters. The number of carbonyl (C=O) groups excluding carboxylic acids is 1. The first kappa shape index (κ1) is 13.5. The number of nitrogens with one attached hydrogen (secondary N) is 1. The van der Waals surface area contributed by atoms with Gasteiger partial charge in [-0.3, -0.25) is 4.79 Å². The van der Waals surface area contributed by atoms with Crippen molar-refractivity contribution in [2.75, 3.05) is 19.6 Å². The van der Waals surface area contributed by atoms with Crippen LogP contribution in [-0.4, -0.2) is 47.6 Å². The molecule has 2 rings (SSSR count). The van der Waals surface area contributed by atoms with Crippen molar-refractivity contribution in [1.82, 2.24) is 10.2 Å². The van der Waals surface area contributed by atoms with Crippen LogP contribution in [0.5, 0.6) is 0 Å². The molecule has 102 valence electrons. The molecule has 1 aromatic carbocycles. The molecule has 1 aliphatic rings. The van der Waals surface area contributed by atoms with E-state index in [1.165, 1.54) is 10.5 Å². The number of hydrogen-bond donors (Lipinski definition) is 2. The van der Waals surface area contributed by atoms with Crippen LogP contribution < -0.4 is 5.32 Å². The molecule has 5 heteroatoms. The quantitative estimate of drug-likeness (QED) is 0.733. The number of likely N-dealkylation sites (tertiary alicyclic amines) is 1. The maximum Gasteiger partial charge on any atom is 0.326 e. The molecule has 1 atom stereocenters. The zero-order valence-electron chi connectivity index (χ0n) is 10.7. The third-order valence-corrected chi connectivity index (χ3v) is 3.33. The highest BCUT2D eigenvalue weighted by Crippen LogP contribution is 2.16. The first-order valence-corrected chi connectivity index (χ1v) is 6.45. The highest BCUT2D eigenvalue weighted by atomic mass is 16.4. The second-order valence-corrected chi connectivity index (χ2v) is 4.64. The van der Waals surface area contributed by atoms with E-state index in [1.54, 1.807) is 0 Å². The van der Waals surface area contributed by atoms with E-state index in [0.717, 1.165) is 6.42 Å². The van der Waals surface area contributed by atoms with Gasteiger partial charge in [0, 0.05) is 6.54 Å². The summed E-state index contributed by atoms with van der Waals surface area (Å²) in [5.41, 5.74) is 1.22. The SMILES string of the molecule is O=C(O)C1CCN1C(=O)CNCCc1ccccc1. The van der Waals surface area contributed by atoms with Gasteiger partial charge in [-0.1, -0.05) is 30.3 Å². The van der Waals surface area contributed by atoms with Gasteiger partial charge in [0.15, 0.2) is 0 Å². The minimum atomic E-state index is -0.913. The molecule has 0 radical (unpaired) electrons. The summed E-state index contributed by atoms with van der Waals surface area (Å²) in [6, 6.07) is 9.40. The van der Waals surface area contributed by atoms with E-state index in [-0.39, 0.29) is 12.5 Å². The van der Waals surface area contributed by atoms with Crippen molar-refractivity contribution in [2.45, 2.75) is 18.9 Å². The number of amides is 1. The molecule has 19 heavy (non-hydrogen) atoms. The predicted molar refractivity (Wildman–Crippen MR) is 70.8 cm³/mol. The van der Waals surface area contributed by atoms with Crippen molar-refractivity contribution in [2.24, 2.45) is 0 Å². The lowest BCUT2D eigenvalue weighted by Crippen LogP contribution is -2.57. The zero-order chi connectivity index (χ0) is 13.7. The molecule has 0 spiro atoms. The molecular formula is C14H18N2O3. The van der Waals surface area contributed by atoms with Gasteiger partial charge < -0.3 is 15.3 Å². The lowest BCUT2D eigenvalue weighted by Gasteiger charge is -2.38. The molecule has 1 saturated heterocycles. The van der Waals surface area contributed by atoms with E-state index >= 15 is 0 Å². The summed E-state index contributed by atoms with van der Waals surface area (Å²) >= 11 is 0. The fourth-order valence-corrected chi connectivity index (χ4v) is 2.12. The third kappa shape index (κ3) is 3.54. The van der Waals surface area contributed by atoms with Crippen LogP contribution >= 0.6 is 0 Å². The van der Waals surface area contributed by atoms with Gasteiger partial charge in [0.25, 0.3) is 0 Å². The van der Waals surface area contributed by atoms with Crippen molar-refractivity contribution in [1.29, 1.82) is 0 Å². The monoisotopic (exact) mass is 262 g/mol. The predicted octanol–water partition coefficient (Wildman–Crippen LogP) is 0.504. The molecule has 1 aliphatic heterocycles. The van der Waals surface area contributed by atoms with E-state index in [2.05, 4.69) is 5.32 Å². The Hall–Kier alpha value is -1.88. The number of nitrogens with zero attached hydrogens (tertiary/aromatic N) is 1. The van der Waals surface area contributed by atoms with E-state index in [9.17, 15) is 9.59 Å². The van der Waals surface area contributed by atoms with Gasteiger partial charge in [0.2, 0.25) is 5.91 Å². The number of aliphatic carboxylic acids is 1. The largest absolute Gasteiger partial charge is 0.480 e. The maximum atomic E-state index is 11.8. The van der Waals surface area contributed by atoms with Gasteiger partial charge in [-0.15, -0.1) is 0 Å². The molecule has 0 saturated carbocycles. The number of hydrogen-bond acceptors (Lipinski definition) is 3. The molecule has 0 bridgehead atoms. The van der Waals surface area contributed by atoms with Crippen molar-refractivity contribution >= 4 is 11.9 Å². The van der Waals surface area contributed by atoms with Gasteiger partial charge in [-0.25, -0.2) is 4.79 Å². The zero-order valence-corrected chi connectivity index (χ0v) is 10.7. The molecule has 1 heterocycles. The highest BCUT2D eigenvalue weighted by Gasteiger charge is 2.36. The Bertz CT molecular complexity index is 447. The van der Waals surface area contributed by atoms with Crippen LogP contribution in [0, 0.1) is 0 Å². The Morgan fingerprint density at radius 1 is 1.32 bits per heavy atom. The highest BCUT2D eigenvalue weighted by molar-refractivity contribution is 5.86. The van der Waals surface area contributed by atoms with Crippen molar-refractivity contribution < 1.29 is 14.7 Å². The fourth-order valence-electron chi connectivity index (χ4n) is 2.12. The van der Waals surface area contributed by atoms with Crippen LogP contribution in [0.1, 0.15) is 12.0 Å². The maximum absolute atomic E-state index is 11.8. The molecular weight excluding hydrogens is 244 g/mol. The first-order valence-electron chi connectivity index (χ1n) is 6.45. The average molecular weight is 262 g/mol. The van der Waals surface area contributed by atoms with Crippen LogP contribution in [0.25, 0.3) is 0 Å². The lowest BCUT2D eigenvalue weighted by atomic mass is 10.0. The molecule has 0 aromatic heterocycles. The van der Waals surface area contributed by atoms with Crippen LogP contribution in [-0.2, 0) is 16.0 Å². The summed E-state index contributed by atoms with van der Waals surface area (Å²) in [6.45, 7) is 1.47. The fraction of sp³-hybridized carbons (Fsp3) is 0.429. The summed E-state index contributed by atoms with van der Waals surface area (Å²) in [4.78, 5) is 24.0. The van der Waals surface area contributed by atoms with Crippen LogP contribution in [0.4, 0.5) is 0 Å². The van der Waals surface area contributed by atoms with E-state index < -0.39 is 12.0 Å². The third-order valence-electron chi connectivity index (χ3n) is 3.33. The molecule has 1 fully saturated rings. The number of carbonyl (C=O) groups is 2. The Morgan fingerprint density at radius 2 is 2.05 bits per heavy atom. The van der Waals surface area contributed by atoms with Gasteiger partial charge >= 0.3 is 5.97 Å². The molecule has 2 N–H and O–H groups in total. The van der Waals surface area contributed by atoms with Crippen LogP contribution in [0.3, 0.4) is 0 Å². The number of carboxylic acid groups (broad SMARTS) is 1. The normalized spacial score (nSPS) is 17.9. The summed E-state index contributed by atoms with van der Waals surface area (Å²) in [5.74, 6) is -1.05. The summed E-state index contributed by atoms with van der Waals surface area (Å²) < 4.78 is 0. The Morgan fingerprint density at radius 3 is 2.63 bits per heavy atom. The average Bonchev–Trinajstić information content (AvgIpc) is 2.34. The second kappa shape index (κ2) is 6.33. The van der Waals surface area contributed by atoms with E-state index in [0.29, 0.717) is 19.5 Å². The number of carboxylic acids is 1. The van der Waals surface area contributed by atoms with Gasteiger partial charge in [0.1, 0.15) is 6.04 Å². The van der Waals surface area contributed by atoms with Gasteiger partial charge in [-0.05, 0) is 24.9 Å². The van der Waals surface area contributed by atoms with Crippen LogP contribution in [0.2, 0.25) is 0 Å². The lowest BCUT2D eigenvalue weighted by molar-refractivity contribution is -0.156. The van der Waals surface area contributed by atoms with Gasteiger partial charge in [0.05, 0.1) is 6.54 Å². The molecule has 1 aromatic rings. The van der Waals surface area contributed by atoms with E-state index in [1.807, 2.05) is 30.3 Å². The standard InChI is InChI=1S/C14H18N2O3/c17-13(16-9-7-12(16)14(18)19)10-15-8-6-11-4-2-1-3-5-11/h1-5,12,15H,6-10H2,(H,18,19). The van der Waals surface area contributed by atoms with Crippen molar-refractivity contribution in [3.63, 3.8) is 0 Å². The molecule has 0 aliphatic carbocycles. The minimum absolute atomic E-state index is 0.133. The van der Waals surface area contributed by atoms with Gasteiger partial charge in [-0.2, -0.15) is 0 Å². The number of benzene rings is 1. The first-order chi connectivity index (χ1) is 9.18.